The summed E-state index contributed by atoms with van der Waals surface area (Å²) in [5.41, 5.74) is 0. The molecular weight excluding hydrogens is 230 g/mol. The van der Waals surface area contributed by atoms with Gasteiger partial charge in [0.15, 0.2) is 0 Å². The summed E-state index contributed by atoms with van der Waals surface area (Å²) in [6.45, 7) is 5.13. The number of hydrogen-bond donors (Lipinski definition) is 1. The topological polar surface area (TPSA) is 68.0 Å². The second kappa shape index (κ2) is 5.50. The monoisotopic (exact) mass is 251 g/mol. The Hall–Kier alpha value is -1.39. The lowest BCUT2D eigenvalue weighted by molar-refractivity contribution is -0.143. The SMILES string of the molecule is CC(C)Cn1cnnc1C1CCCCC1C(=O)O. The minimum Gasteiger partial charge on any atom is -0.481 e. The summed E-state index contributed by atoms with van der Waals surface area (Å²) in [5, 5.41) is 17.5. The highest BCUT2D eigenvalue weighted by molar-refractivity contribution is 5.71. The average Bonchev–Trinajstić information content (AvgIpc) is 2.76. The van der Waals surface area contributed by atoms with Gasteiger partial charge in [-0.05, 0) is 18.8 Å². The van der Waals surface area contributed by atoms with Crippen LogP contribution in [0.1, 0.15) is 51.3 Å². The Morgan fingerprint density at radius 1 is 1.50 bits per heavy atom. The number of aliphatic carboxylic acids is 1. The lowest BCUT2D eigenvalue weighted by Gasteiger charge is -2.28. The molecule has 0 spiro atoms. The number of carboxylic acid groups (broad SMARTS) is 1. The lowest BCUT2D eigenvalue weighted by atomic mass is 9.78. The molecule has 0 aliphatic heterocycles. The minimum absolute atomic E-state index is 0.0255. The second-order valence-electron chi connectivity index (χ2n) is 5.57. The summed E-state index contributed by atoms with van der Waals surface area (Å²) in [7, 11) is 0. The standard InChI is InChI=1S/C13H21N3O2/c1-9(2)7-16-8-14-15-12(16)10-5-3-4-6-11(10)13(17)18/h8-11H,3-7H2,1-2H3,(H,17,18). The van der Waals surface area contributed by atoms with Gasteiger partial charge in [0.25, 0.3) is 0 Å². The highest BCUT2D eigenvalue weighted by atomic mass is 16.4. The maximum Gasteiger partial charge on any atom is 0.307 e. The van der Waals surface area contributed by atoms with E-state index in [1.807, 2.05) is 4.57 Å². The molecule has 2 atom stereocenters. The van der Waals surface area contributed by atoms with E-state index in [9.17, 15) is 9.90 Å². The van der Waals surface area contributed by atoms with Crippen molar-refractivity contribution < 1.29 is 9.90 Å². The van der Waals surface area contributed by atoms with Crippen molar-refractivity contribution in [3.63, 3.8) is 0 Å². The maximum absolute atomic E-state index is 11.3. The van der Waals surface area contributed by atoms with E-state index in [1.54, 1.807) is 6.33 Å². The Morgan fingerprint density at radius 3 is 2.89 bits per heavy atom. The van der Waals surface area contributed by atoms with Crippen molar-refractivity contribution in [3.8, 4) is 0 Å². The summed E-state index contributed by atoms with van der Waals surface area (Å²) in [4.78, 5) is 11.3. The fraction of sp³-hybridized carbons (Fsp3) is 0.769. The quantitative estimate of drug-likeness (QED) is 0.891. The molecule has 100 valence electrons. The molecule has 1 aromatic rings. The van der Waals surface area contributed by atoms with E-state index in [-0.39, 0.29) is 11.8 Å². The number of rotatable bonds is 4. The first kappa shape index (κ1) is 13.1. The van der Waals surface area contributed by atoms with Gasteiger partial charge in [-0.3, -0.25) is 4.79 Å². The van der Waals surface area contributed by atoms with Crippen LogP contribution in [-0.2, 0) is 11.3 Å². The highest BCUT2D eigenvalue weighted by Gasteiger charge is 2.34. The molecule has 0 aromatic carbocycles. The maximum atomic E-state index is 11.3. The number of aromatic nitrogens is 3. The Morgan fingerprint density at radius 2 is 2.22 bits per heavy atom. The molecule has 1 aromatic heterocycles. The third-order valence-corrected chi connectivity index (χ3v) is 3.62. The zero-order chi connectivity index (χ0) is 13.1. The molecule has 0 radical (unpaired) electrons. The zero-order valence-electron chi connectivity index (χ0n) is 11.0. The largest absolute Gasteiger partial charge is 0.481 e. The first-order valence-corrected chi connectivity index (χ1v) is 6.70. The van der Waals surface area contributed by atoms with Crippen molar-refractivity contribution in [1.29, 1.82) is 0 Å². The van der Waals surface area contributed by atoms with E-state index >= 15 is 0 Å². The molecule has 1 aliphatic rings. The summed E-state index contributed by atoms with van der Waals surface area (Å²) in [6, 6.07) is 0. The van der Waals surface area contributed by atoms with Crippen molar-refractivity contribution in [3.05, 3.63) is 12.2 Å². The second-order valence-corrected chi connectivity index (χ2v) is 5.57. The summed E-state index contributed by atoms with van der Waals surface area (Å²) in [6.07, 6.45) is 5.49. The molecule has 5 nitrogen and oxygen atoms in total. The van der Waals surface area contributed by atoms with E-state index in [0.29, 0.717) is 5.92 Å². The third kappa shape index (κ3) is 2.71. The fourth-order valence-electron chi connectivity index (χ4n) is 2.82. The first-order chi connectivity index (χ1) is 8.59. The average molecular weight is 251 g/mol. The fourth-order valence-corrected chi connectivity index (χ4v) is 2.82. The number of carbonyl (C=O) groups is 1. The molecule has 0 saturated heterocycles. The number of hydrogen-bond acceptors (Lipinski definition) is 3. The van der Waals surface area contributed by atoms with Crippen LogP contribution in [0.4, 0.5) is 0 Å². The van der Waals surface area contributed by atoms with Gasteiger partial charge in [-0.1, -0.05) is 26.7 Å². The Balaban J connectivity index is 2.23. The van der Waals surface area contributed by atoms with E-state index in [2.05, 4.69) is 24.0 Å². The van der Waals surface area contributed by atoms with Gasteiger partial charge in [0.1, 0.15) is 12.2 Å². The van der Waals surface area contributed by atoms with E-state index in [1.165, 1.54) is 0 Å². The molecule has 1 saturated carbocycles. The van der Waals surface area contributed by atoms with Crippen molar-refractivity contribution in [1.82, 2.24) is 14.8 Å². The van der Waals surface area contributed by atoms with Crippen LogP contribution < -0.4 is 0 Å². The van der Waals surface area contributed by atoms with E-state index < -0.39 is 5.97 Å². The Bertz CT molecular complexity index is 414. The van der Waals surface area contributed by atoms with Gasteiger partial charge in [-0.25, -0.2) is 0 Å². The van der Waals surface area contributed by atoms with Crippen LogP contribution in [0.3, 0.4) is 0 Å². The molecule has 0 bridgehead atoms. The van der Waals surface area contributed by atoms with Crippen LogP contribution in [0.15, 0.2) is 6.33 Å². The van der Waals surface area contributed by atoms with Gasteiger partial charge < -0.3 is 9.67 Å². The molecular formula is C13H21N3O2. The molecule has 2 rings (SSSR count). The van der Waals surface area contributed by atoms with Crippen molar-refractivity contribution in [2.75, 3.05) is 0 Å². The van der Waals surface area contributed by atoms with Crippen LogP contribution in [0.5, 0.6) is 0 Å². The molecule has 0 amide bonds. The van der Waals surface area contributed by atoms with E-state index in [0.717, 1.165) is 38.1 Å². The zero-order valence-corrected chi connectivity index (χ0v) is 11.0. The highest BCUT2D eigenvalue weighted by Crippen LogP contribution is 2.37. The summed E-state index contributed by atoms with van der Waals surface area (Å²) >= 11 is 0. The normalized spacial score (nSPS) is 24.4. The molecule has 1 fully saturated rings. The number of carboxylic acids is 1. The van der Waals surface area contributed by atoms with Gasteiger partial charge in [0, 0.05) is 12.5 Å². The molecule has 5 heteroatoms. The Kier molecular flexibility index (Phi) is 3.99. The smallest absolute Gasteiger partial charge is 0.307 e. The predicted molar refractivity (Wildman–Crippen MR) is 67.2 cm³/mol. The minimum atomic E-state index is -0.696. The molecule has 1 N–H and O–H groups in total. The molecule has 18 heavy (non-hydrogen) atoms. The number of nitrogens with zero attached hydrogens (tertiary/aromatic N) is 3. The van der Waals surface area contributed by atoms with Crippen molar-refractivity contribution in [2.24, 2.45) is 11.8 Å². The summed E-state index contributed by atoms with van der Waals surface area (Å²) in [5.74, 6) is 0.396. The van der Waals surface area contributed by atoms with Gasteiger partial charge >= 0.3 is 5.97 Å². The van der Waals surface area contributed by atoms with E-state index in [4.69, 9.17) is 0 Å². The summed E-state index contributed by atoms with van der Waals surface area (Å²) < 4.78 is 2.02. The Labute approximate surface area is 107 Å². The molecule has 1 heterocycles. The van der Waals surface area contributed by atoms with Gasteiger partial charge in [-0.15, -0.1) is 10.2 Å². The predicted octanol–water partition coefficient (Wildman–Crippen LogP) is 2.29. The van der Waals surface area contributed by atoms with Crippen LogP contribution in [0.25, 0.3) is 0 Å². The van der Waals surface area contributed by atoms with Gasteiger partial charge in [-0.2, -0.15) is 0 Å². The van der Waals surface area contributed by atoms with Crippen LogP contribution in [0.2, 0.25) is 0 Å². The van der Waals surface area contributed by atoms with Crippen LogP contribution in [-0.4, -0.2) is 25.8 Å². The van der Waals surface area contributed by atoms with Crippen molar-refractivity contribution in [2.45, 2.75) is 52.0 Å². The first-order valence-electron chi connectivity index (χ1n) is 6.70. The van der Waals surface area contributed by atoms with Gasteiger partial charge in [0.2, 0.25) is 0 Å². The molecule has 2 unspecified atom stereocenters. The molecule has 1 aliphatic carbocycles. The van der Waals surface area contributed by atoms with Crippen LogP contribution in [0, 0.1) is 11.8 Å². The lowest BCUT2D eigenvalue weighted by Crippen LogP contribution is -2.28. The van der Waals surface area contributed by atoms with Crippen molar-refractivity contribution >= 4 is 5.97 Å². The third-order valence-electron chi connectivity index (χ3n) is 3.62. The van der Waals surface area contributed by atoms with Crippen LogP contribution >= 0.6 is 0 Å². The van der Waals surface area contributed by atoms with Gasteiger partial charge in [0.05, 0.1) is 5.92 Å².